The number of benzene rings is 1. The maximum Gasteiger partial charge on any atom is 0.159 e. The highest BCUT2D eigenvalue weighted by Gasteiger charge is 2.17. The molecule has 1 saturated heterocycles. The van der Waals surface area contributed by atoms with Gasteiger partial charge in [0.05, 0.1) is 16.7 Å². The van der Waals surface area contributed by atoms with Gasteiger partial charge in [0.25, 0.3) is 0 Å². The number of fused-ring (bicyclic) bond motifs is 2. The van der Waals surface area contributed by atoms with Crippen molar-refractivity contribution in [3.05, 3.63) is 71.3 Å². The zero-order valence-electron chi connectivity index (χ0n) is 19.7. The molecule has 0 bridgehead atoms. The van der Waals surface area contributed by atoms with Gasteiger partial charge in [-0.25, -0.2) is 4.98 Å². The van der Waals surface area contributed by atoms with Crippen LogP contribution in [0.15, 0.2) is 65.7 Å². The number of hydrogen-bond acceptors (Lipinski definition) is 6. The van der Waals surface area contributed by atoms with Crippen LogP contribution in [0, 0.1) is 0 Å². The third-order valence-corrected chi connectivity index (χ3v) is 7.65. The number of aromatic amines is 2. The highest BCUT2D eigenvalue weighted by molar-refractivity contribution is 7.08. The third kappa shape index (κ3) is 3.88. The molecule has 36 heavy (non-hydrogen) atoms. The lowest BCUT2D eigenvalue weighted by Crippen LogP contribution is -2.29. The second-order valence-electron chi connectivity index (χ2n) is 9.40. The third-order valence-electron chi connectivity index (χ3n) is 6.97. The fourth-order valence-corrected chi connectivity index (χ4v) is 5.78. The molecule has 1 aromatic carbocycles. The van der Waals surface area contributed by atoms with Crippen molar-refractivity contribution < 1.29 is 0 Å². The Bertz CT molecular complexity index is 1660. The van der Waals surface area contributed by atoms with E-state index in [1.165, 1.54) is 37.9 Å². The Hall–Kier alpha value is -3.88. The average molecular weight is 492 g/mol. The molecule has 1 aliphatic rings. The molecule has 0 aliphatic carbocycles. The van der Waals surface area contributed by atoms with Crippen LogP contribution in [0.2, 0.25) is 0 Å². The fourth-order valence-electron chi connectivity index (χ4n) is 5.14. The number of rotatable bonds is 5. The molecular formula is C28H25N7S. The van der Waals surface area contributed by atoms with Crippen molar-refractivity contribution in [2.45, 2.75) is 25.8 Å². The van der Waals surface area contributed by atoms with Gasteiger partial charge in [0.15, 0.2) is 5.82 Å². The van der Waals surface area contributed by atoms with Crippen molar-refractivity contribution in [1.82, 2.24) is 35.0 Å². The van der Waals surface area contributed by atoms with Crippen LogP contribution in [0.25, 0.3) is 55.8 Å². The first-order valence-corrected chi connectivity index (χ1v) is 13.3. The van der Waals surface area contributed by atoms with Gasteiger partial charge in [-0.2, -0.15) is 16.4 Å². The van der Waals surface area contributed by atoms with Crippen LogP contribution >= 0.6 is 11.3 Å². The molecule has 2 N–H and O–H groups in total. The van der Waals surface area contributed by atoms with E-state index >= 15 is 0 Å². The van der Waals surface area contributed by atoms with Crippen LogP contribution in [0.5, 0.6) is 0 Å². The zero-order chi connectivity index (χ0) is 23.9. The summed E-state index contributed by atoms with van der Waals surface area (Å²) in [6.07, 6.45) is 9.69. The molecule has 178 valence electrons. The van der Waals surface area contributed by atoms with Gasteiger partial charge in [0, 0.05) is 47.0 Å². The molecule has 0 saturated carbocycles. The van der Waals surface area contributed by atoms with E-state index in [-0.39, 0.29) is 0 Å². The van der Waals surface area contributed by atoms with Crippen LogP contribution in [-0.2, 0) is 6.54 Å². The molecule has 8 heteroatoms. The SMILES string of the molecule is c1cc2[nH]c(-c3n[nH]c4ccc(-c5cncc(CN6CCCCC6)c5)cc34)nc2c(-c2ccsc2)n1. The fraction of sp³-hybridized carbons (Fsp3) is 0.214. The maximum atomic E-state index is 4.93. The summed E-state index contributed by atoms with van der Waals surface area (Å²) in [5.41, 5.74) is 9.04. The largest absolute Gasteiger partial charge is 0.336 e. The molecule has 6 heterocycles. The number of nitrogens with one attached hydrogen (secondary N) is 2. The zero-order valence-corrected chi connectivity index (χ0v) is 20.6. The molecule has 6 aromatic rings. The highest BCUT2D eigenvalue weighted by atomic mass is 32.1. The smallest absolute Gasteiger partial charge is 0.159 e. The van der Waals surface area contributed by atoms with Gasteiger partial charge in [-0.15, -0.1) is 0 Å². The molecule has 0 spiro atoms. The minimum Gasteiger partial charge on any atom is -0.336 e. The number of hydrogen-bond donors (Lipinski definition) is 2. The van der Waals surface area contributed by atoms with Crippen molar-refractivity contribution >= 4 is 33.3 Å². The van der Waals surface area contributed by atoms with E-state index in [1.54, 1.807) is 11.3 Å². The predicted octanol–water partition coefficient (Wildman–Crippen LogP) is 6.28. The summed E-state index contributed by atoms with van der Waals surface area (Å²) in [5.74, 6) is 0.731. The number of imidazole rings is 1. The number of nitrogens with zero attached hydrogens (tertiary/aromatic N) is 5. The van der Waals surface area contributed by atoms with Gasteiger partial charge in [0.1, 0.15) is 11.2 Å². The summed E-state index contributed by atoms with van der Waals surface area (Å²) >= 11 is 1.66. The van der Waals surface area contributed by atoms with Crippen molar-refractivity contribution in [1.29, 1.82) is 0 Å². The predicted molar refractivity (Wildman–Crippen MR) is 145 cm³/mol. The molecule has 1 fully saturated rings. The molecule has 0 atom stereocenters. The Morgan fingerprint density at radius 3 is 2.72 bits per heavy atom. The lowest BCUT2D eigenvalue weighted by atomic mass is 10.0. The first kappa shape index (κ1) is 21.4. The Kier molecular flexibility index (Phi) is 5.33. The maximum absolute atomic E-state index is 4.93. The summed E-state index contributed by atoms with van der Waals surface area (Å²) in [6, 6.07) is 12.7. The van der Waals surface area contributed by atoms with Crippen LogP contribution in [0.3, 0.4) is 0 Å². The molecule has 7 rings (SSSR count). The average Bonchev–Trinajstić information content (AvgIpc) is 3.68. The van der Waals surface area contributed by atoms with Crippen LogP contribution in [0.4, 0.5) is 0 Å². The second-order valence-corrected chi connectivity index (χ2v) is 10.2. The van der Waals surface area contributed by atoms with E-state index in [2.05, 4.69) is 71.1 Å². The molecular weight excluding hydrogens is 466 g/mol. The number of likely N-dealkylation sites (tertiary alicyclic amines) is 1. The summed E-state index contributed by atoms with van der Waals surface area (Å²) in [5, 5.41) is 13.0. The summed E-state index contributed by atoms with van der Waals surface area (Å²) in [7, 11) is 0. The summed E-state index contributed by atoms with van der Waals surface area (Å²) in [6.45, 7) is 3.31. The summed E-state index contributed by atoms with van der Waals surface area (Å²) in [4.78, 5) is 20.1. The number of H-pyrrole nitrogens is 2. The molecule has 0 amide bonds. The van der Waals surface area contributed by atoms with Gasteiger partial charge in [-0.3, -0.25) is 20.0 Å². The van der Waals surface area contributed by atoms with Crippen molar-refractivity contribution in [2.75, 3.05) is 13.1 Å². The number of pyridine rings is 2. The van der Waals surface area contributed by atoms with Gasteiger partial charge < -0.3 is 4.98 Å². The highest BCUT2D eigenvalue weighted by Crippen LogP contribution is 2.33. The van der Waals surface area contributed by atoms with E-state index in [0.29, 0.717) is 0 Å². The van der Waals surface area contributed by atoms with E-state index in [4.69, 9.17) is 4.98 Å². The Labute approximate surface area is 212 Å². The van der Waals surface area contributed by atoms with E-state index in [0.717, 1.165) is 62.4 Å². The minimum atomic E-state index is 0.731. The van der Waals surface area contributed by atoms with Gasteiger partial charge in [-0.05, 0) is 72.8 Å². The van der Waals surface area contributed by atoms with Crippen LogP contribution in [0.1, 0.15) is 24.8 Å². The van der Waals surface area contributed by atoms with Gasteiger partial charge in [0.2, 0.25) is 0 Å². The molecule has 0 unspecified atom stereocenters. The normalized spacial score (nSPS) is 14.7. The first-order chi connectivity index (χ1) is 17.8. The molecule has 5 aromatic heterocycles. The van der Waals surface area contributed by atoms with Crippen molar-refractivity contribution in [3.8, 4) is 33.9 Å². The van der Waals surface area contributed by atoms with Crippen molar-refractivity contribution in [2.24, 2.45) is 0 Å². The first-order valence-electron chi connectivity index (χ1n) is 12.3. The quantitative estimate of drug-likeness (QED) is 0.296. The van der Waals surface area contributed by atoms with E-state index < -0.39 is 0 Å². The standard InChI is InChI=1S/C28H25N7S/c1-2-9-35(10-3-1)16-18-12-21(15-29-14-18)19-4-5-23-22(13-19)26(34-33-23)28-31-24-6-8-30-25(27(24)32-28)20-7-11-36-17-20/h4-8,11-15,17H,1-3,9-10,16H2,(H,31,32)(H,33,34). The number of piperidine rings is 1. The lowest BCUT2D eigenvalue weighted by Gasteiger charge is -2.26. The van der Waals surface area contributed by atoms with E-state index in [9.17, 15) is 0 Å². The number of thiophene rings is 1. The Morgan fingerprint density at radius 2 is 1.83 bits per heavy atom. The summed E-state index contributed by atoms with van der Waals surface area (Å²) < 4.78 is 0. The lowest BCUT2D eigenvalue weighted by molar-refractivity contribution is 0.220. The Morgan fingerprint density at radius 1 is 0.889 bits per heavy atom. The van der Waals surface area contributed by atoms with Gasteiger partial charge in [-0.1, -0.05) is 12.5 Å². The number of aromatic nitrogens is 6. The second kappa shape index (κ2) is 8.96. The van der Waals surface area contributed by atoms with Crippen LogP contribution in [-0.4, -0.2) is 48.1 Å². The molecule has 7 nitrogen and oxygen atoms in total. The topological polar surface area (TPSA) is 86.4 Å². The van der Waals surface area contributed by atoms with Gasteiger partial charge >= 0.3 is 0 Å². The molecule has 0 radical (unpaired) electrons. The minimum absolute atomic E-state index is 0.731. The van der Waals surface area contributed by atoms with Crippen LogP contribution < -0.4 is 0 Å². The monoisotopic (exact) mass is 491 g/mol. The molecule has 1 aliphatic heterocycles. The Balaban J connectivity index is 1.26. The van der Waals surface area contributed by atoms with Crippen molar-refractivity contribution in [3.63, 3.8) is 0 Å². The van der Waals surface area contributed by atoms with E-state index in [1.807, 2.05) is 24.7 Å².